The summed E-state index contributed by atoms with van der Waals surface area (Å²) in [6.45, 7) is 0. The molecule has 3 heteroatoms. The van der Waals surface area contributed by atoms with E-state index >= 15 is 0 Å². The number of aromatic nitrogens is 1. The molecule has 1 fully saturated rings. The van der Waals surface area contributed by atoms with Crippen LogP contribution < -0.4 is 4.74 Å². The highest BCUT2D eigenvalue weighted by Gasteiger charge is 2.25. The average molecular weight is 229 g/mol. The summed E-state index contributed by atoms with van der Waals surface area (Å²) in [7, 11) is 1.67. The number of aromatic amines is 1. The number of carbonyl (C=O) groups is 1. The molecule has 1 saturated carbocycles. The van der Waals surface area contributed by atoms with E-state index in [1.165, 1.54) is 10.9 Å². The fourth-order valence-corrected chi connectivity index (χ4v) is 2.67. The van der Waals surface area contributed by atoms with Gasteiger partial charge in [-0.1, -0.05) is 0 Å². The number of fused-ring (bicyclic) bond motifs is 1. The molecule has 88 valence electrons. The summed E-state index contributed by atoms with van der Waals surface area (Å²) >= 11 is 0. The van der Waals surface area contributed by atoms with E-state index in [0.29, 0.717) is 18.1 Å². The molecule has 2 aromatic rings. The zero-order valence-corrected chi connectivity index (χ0v) is 9.82. The first-order valence-corrected chi connectivity index (χ1v) is 5.94. The summed E-state index contributed by atoms with van der Waals surface area (Å²) in [5, 5.41) is 1.18. The molecule has 1 aromatic heterocycles. The number of rotatable bonds is 2. The molecule has 1 heterocycles. The molecule has 0 bridgehead atoms. The Morgan fingerprint density at radius 3 is 3.00 bits per heavy atom. The van der Waals surface area contributed by atoms with Crippen molar-refractivity contribution in [3.63, 3.8) is 0 Å². The maximum absolute atomic E-state index is 11.4. The lowest BCUT2D eigenvalue weighted by molar-refractivity contribution is -0.117. The minimum Gasteiger partial charge on any atom is -0.497 e. The fraction of sp³-hybridized carbons (Fsp3) is 0.357. The number of hydrogen-bond donors (Lipinski definition) is 1. The number of H-pyrrole nitrogens is 1. The van der Waals surface area contributed by atoms with Gasteiger partial charge in [-0.25, -0.2) is 0 Å². The van der Waals surface area contributed by atoms with Crippen LogP contribution in [0.15, 0.2) is 24.4 Å². The van der Waals surface area contributed by atoms with E-state index in [4.69, 9.17) is 4.74 Å². The van der Waals surface area contributed by atoms with Gasteiger partial charge in [0.1, 0.15) is 11.5 Å². The molecule has 1 N–H and O–H groups in total. The van der Waals surface area contributed by atoms with Crippen molar-refractivity contribution >= 4 is 16.7 Å². The molecule has 0 spiro atoms. The van der Waals surface area contributed by atoms with Gasteiger partial charge in [-0.05, 0) is 36.1 Å². The van der Waals surface area contributed by atoms with Gasteiger partial charge in [0.25, 0.3) is 0 Å². The van der Waals surface area contributed by atoms with E-state index in [-0.39, 0.29) is 0 Å². The minimum absolute atomic E-state index is 0.378. The first kappa shape index (κ1) is 10.4. The van der Waals surface area contributed by atoms with Gasteiger partial charge in [-0.3, -0.25) is 4.79 Å². The fourth-order valence-electron chi connectivity index (χ4n) is 2.67. The number of Topliss-reactive ketones (excluding diaryl/α,β-unsaturated/α-hetero) is 1. The van der Waals surface area contributed by atoms with Crippen molar-refractivity contribution in [2.75, 3.05) is 7.11 Å². The van der Waals surface area contributed by atoms with Gasteiger partial charge < -0.3 is 9.72 Å². The van der Waals surface area contributed by atoms with Gasteiger partial charge in [0, 0.05) is 29.9 Å². The first-order chi connectivity index (χ1) is 8.28. The zero-order valence-electron chi connectivity index (χ0n) is 9.82. The van der Waals surface area contributed by atoms with Gasteiger partial charge in [-0.2, -0.15) is 0 Å². The second kappa shape index (κ2) is 3.91. The smallest absolute Gasteiger partial charge is 0.133 e. The normalized spacial score (nSPS) is 20.1. The largest absolute Gasteiger partial charge is 0.497 e. The molecule has 3 rings (SSSR count). The Labute approximate surface area is 99.8 Å². The molecule has 1 atom stereocenters. The van der Waals surface area contributed by atoms with Crippen molar-refractivity contribution in [1.82, 2.24) is 4.98 Å². The highest BCUT2D eigenvalue weighted by atomic mass is 16.5. The number of hydrogen-bond acceptors (Lipinski definition) is 2. The van der Waals surface area contributed by atoms with Crippen molar-refractivity contribution < 1.29 is 9.53 Å². The van der Waals surface area contributed by atoms with Crippen LogP contribution in [0, 0.1) is 0 Å². The molecule has 17 heavy (non-hydrogen) atoms. The molecule has 1 aromatic carbocycles. The summed E-state index contributed by atoms with van der Waals surface area (Å²) < 4.78 is 5.25. The molecule has 1 aliphatic rings. The Hall–Kier alpha value is -1.77. The standard InChI is InChI=1S/C14H15NO2/c1-17-11-4-5-14-12(7-11)13(8-15-14)9-2-3-10(16)6-9/h4-5,7-9,15H,2-3,6H2,1H3. The Bertz CT molecular complexity index is 571. The van der Waals surface area contributed by atoms with Crippen molar-refractivity contribution in [2.24, 2.45) is 0 Å². The number of carbonyl (C=O) groups excluding carboxylic acids is 1. The summed E-state index contributed by atoms with van der Waals surface area (Å²) in [5.74, 6) is 1.62. The van der Waals surface area contributed by atoms with Gasteiger partial charge in [0.15, 0.2) is 0 Å². The molecule has 0 aliphatic heterocycles. The third-order valence-corrected chi connectivity index (χ3v) is 3.61. The summed E-state index contributed by atoms with van der Waals surface area (Å²) in [4.78, 5) is 14.6. The molecule has 0 radical (unpaired) electrons. The van der Waals surface area contributed by atoms with Crippen molar-refractivity contribution in [2.45, 2.75) is 25.2 Å². The van der Waals surface area contributed by atoms with E-state index in [1.807, 2.05) is 24.4 Å². The van der Waals surface area contributed by atoms with Crippen molar-refractivity contribution in [1.29, 1.82) is 0 Å². The minimum atomic E-state index is 0.378. The molecule has 1 aliphatic carbocycles. The molecular formula is C14H15NO2. The zero-order chi connectivity index (χ0) is 11.8. The predicted octanol–water partition coefficient (Wildman–Crippen LogP) is 3.01. The van der Waals surface area contributed by atoms with Crippen LogP contribution in [0.5, 0.6) is 5.75 Å². The van der Waals surface area contributed by atoms with E-state index in [9.17, 15) is 4.79 Å². The van der Waals surface area contributed by atoms with Crippen molar-refractivity contribution in [3.8, 4) is 5.75 Å². The molecule has 1 unspecified atom stereocenters. The second-order valence-corrected chi connectivity index (χ2v) is 4.63. The SMILES string of the molecule is COc1ccc2[nH]cc(C3CCC(=O)C3)c2c1. The molecule has 0 saturated heterocycles. The van der Waals surface area contributed by atoms with Gasteiger partial charge in [0.2, 0.25) is 0 Å². The maximum atomic E-state index is 11.4. The van der Waals surface area contributed by atoms with Crippen LogP contribution in [-0.4, -0.2) is 17.9 Å². The second-order valence-electron chi connectivity index (χ2n) is 4.63. The number of methoxy groups -OCH3 is 1. The lowest BCUT2D eigenvalue weighted by atomic mass is 9.97. The van der Waals surface area contributed by atoms with Crippen LogP contribution in [0.25, 0.3) is 10.9 Å². The van der Waals surface area contributed by atoms with Crippen LogP contribution in [0.4, 0.5) is 0 Å². The highest BCUT2D eigenvalue weighted by molar-refractivity contribution is 5.88. The summed E-state index contributed by atoms with van der Waals surface area (Å²) in [6, 6.07) is 6.01. The Balaban J connectivity index is 2.07. The summed E-state index contributed by atoms with van der Waals surface area (Å²) in [6.07, 6.45) is 4.42. The number of nitrogens with one attached hydrogen (secondary N) is 1. The van der Waals surface area contributed by atoms with E-state index in [0.717, 1.165) is 24.1 Å². The van der Waals surface area contributed by atoms with Crippen LogP contribution in [0.2, 0.25) is 0 Å². The first-order valence-electron chi connectivity index (χ1n) is 5.94. The molecule has 3 nitrogen and oxygen atoms in total. The third-order valence-electron chi connectivity index (χ3n) is 3.61. The van der Waals surface area contributed by atoms with Crippen LogP contribution in [-0.2, 0) is 4.79 Å². The van der Waals surface area contributed by atoms with Gasteiger partial charge in [-0.15, -0.1) is 0 Å². The number of ketones is 1. The molecular weight excluding hydrogens is 214 g/mol. The highest BCUT2D eigenvalue weighted by Crippen LogP contribution is 2.37. The Morgan fingerprint density at radius 1 is 1.41 bits per heavy atom. The Morgan fingerprint density at radius 2 is 2.29 bits per heavy atom. The Kier molecular flexibility index (Phi) is 2.39. The van der Waals surface area contributed by atoms with E-state index < -0.39 is 0 Å². The van der Waals surface area contributed by atoms with Gasteiger partial charge >= 0.3 is 0 Å². The maximum Gasteiger partial charge on any atom is 0.133 e. The lowest BCUT2D eigenvalue weighted by Crippen LogP contribution is -1.93. The third kappa shape index (κ3) is 1.71. The molecule has 0 amide bonds. The number of benzene rings is 1. The predicted molar refractivity (Wildman–Crippen MR) is 66.4 cm³/mol. The quantitative estimate of drug-likeness (QED) is 0.860. The van der Waals surface area contributed by atoms with Gasteiger partial charge in [0.05, 0.1) is 7.11 Å². The number of ether oxygens (including phenoxy) is 1. The monoisotopic (exact) mass is 229 g/mol. The van der Waals surface area contributed by atoms with Crippen LogP contribution in [0.3, 0.4) is 0 Å². The van der Waals surface area contributed by atoms with Crippen LogP contribution >= 0.6 is 0 Å². The average Bonchev–Trinajstić information content (AvgIpc) is 2.93. The van der Waals surface area contributed by atoms with E-state index in [1.54, 1.807) is 7.11 Å². The topological polar surface area (TPSA) is 42.1 Å². The lowest BCUT2D eigenvalue weighted by Gasteiger charge is -2.07. The summed E-state index contributed by atoms with van der Waals surface area (Å²) in [5.41, 5.74) is 2.37. The van der Waals surface area contributed by atoms with Crippen molar-refractivity contribution in [3.05, 3.63) is 30.0 Å². The van der Waals surface area contributed by atoms with Crippen LogP contribution in [0.1, 0.15) is 30.7 Å². The van der Waals surface area contributed by atoms with E-state index in [2.05, 4.69) is 4.98 Å².